The van der Waals surface area contributed by atoms with Crippen molar-refractivity contribution in [1.82, 2.24) is 0 Å². The second-order valence-electron chi connectivity index (χ2n) is 1.14. The molecule has 0 aromatic rings. The summed E-state index contributed by atoms with van der Waals surface area (Å²) in [5.41, 5.74) is 0. The molecule has 0 aromatic carbocycles. The van der Waals surface area contributed by atoms with Gasteiger partial charge in [-0.25, -0.2) is 0 Å². The van der Waals surface area contributed by atoms with Gasteiger partial charge in [0.05, 0.1) is 6.08 Å². The van der Waals surface area contributed by atoms with Gasteiger partial charge in [0.1, 0.15) is 6.61 Å². The lowest BCUT2D eigenvalue weighted by Gasteiger charge is -1.92. The van der Waals surface area contributed by atoms with Gasteiger partial charge in [-0.2, -0.15) is 0 Å². The minimum absolute atomic E-state index is 0.780. The first-order valence-electron chi connectivity index (χ1n) is 2.18. The van der Waals surface area contributed by atoms with Gasteiger partial charge in [0.15, 0.2) is 0 Å². The molecular formula is C6H10O. The van der Waals surface area contributed by atoms with E-state index in [-0.39, 0.29) is 0 Å². The van der Waals surface area contributed by atoms with Crippen LogP contribution in [0.15, 0.2) is 6.08 Å². The van der Waals surface area contributed by atoms with E-state index < -0.39 is 0 Å². The van der Waals surface area contributed by atoms with Crippen molar-refractivity contribution in [2.45, 2.75) is 6.42 Å². The van der Waals surface area contributed by atoms with Crippen molar-refractivity contribution in [2.24, 2.45) is 0 Å². The monoisotopic (exact) mass is 98.1 g/mol. The zero-order chi connectivity index (χ0) is 5.54. The minimum Gasteiger partial charge on any atom is -0.582 e. The summed E-state index contributed by atoms with van der Waals surface area (Å²) in [4.78, 5) is 0. The van der Waals surface area contributed by atoms with E-state index in [4.69, 9.17) is 0 Å². The highest BCUT2D eigenvalue weighted by atomic mass is 16.5. The molecule has 0 radical (unpaired) electrons. The Hall–Kier alpha value is -0.520. The highest BCUT2D eigenvalue weighted by Gasteiger charge is 1.74. The molecule has 0 aliphatic rings. The molecule has 1 nitrogen and oxygen atoms in total. The highest BCUT2D eigenvalue weighted by Crippen LogP contribution is 1.78. The van der Waals surface area contributed by atoms with Crippen LogP contribution in [0.3, 0.4) is 0 Å². The minimum atomic E-state index is 0.780. The first kappa shape index (κ1) is 6.48. The standard InChI is InChI=1S/C6H10O/c1-3-4-5-6-7-2/h4,7H,1-2,5-6H2. The zero-order valence-electron chi connectivity index (χ0n) is 4.35. The summed E-state index contributed by atoms with van der Waals surface area (Å²) in [5.74, 6) is 0. The quantitative estimate of drug-likeness (QED) is 0.282. The molecule has 1 N–H and O–H groups in total. The van der Waals surface area contributed by atoms with Crippen molar-refractivity contribution < 1.29 is 4.74 Å². The molecule has 40 valence electrons. The first-order valence-corrected chi connectivity index (χ1v) is 2.18. The van der Waals surface area contributed by atoms with Crippen molar-refractivity contribution >= 4 is 0 Å². The van der Waals surface area contributed by atoms with Crippen LogP contribution in [0.2, 0.25) is 0 Å². The lowest BCUT2D eigenvalue weighted by atomic mass is 10.4. The number of hydrogen-bond acceptors (Lipinski definition) is 0. The van der Waals surface area contributed by atoms with Gasteiger partial charge in [-0.1, -0.05) is 7.11 Å². The number of allylic oxidation sites excluding steroid dienone is 1. The third-order valence-corrected chi connectivity index (χ3v) is 0.576. The fourth-order valence-corrected chi connectivity index (χ4v) is 0.258. The smallest absolute Gasteiger partial charge is 0.111 e. The predicted octanol–water partition coefficient (Wildman–Crippen LogP) is 0.890. The first-order chi connectivity index (χ1) is 3.41. The molecule has 1 heteroatoms. The van der Waals surface area contributed by atoms with Crippen molar-refractivity contribution in [1.29, 1.82) is 0 Å². The van der Waals surface area contributed by atoms with E-state index in [1.807, 2.05) is 6.08 Å². The Labute approximate surface area is 45.0 Å². The Balaban J connectivity index is 2.69. The van der Waals surface area contributed by atoms with Crippen LogP contribution >= 0.6 is 0 Å². The largest absolute Gasteiger partial charge is 0.582 e. The predicted molar refractivity (Wildman–Crippen MR) is 30.2 cm³/mol. The van der Waals surface area contributed by atoms with Crippen molar-refractivity contribution in [3.8, 4) is 0 Å². The van der Waals surface area contributed by atoms with Crippen LogP contribution in [0.25, 0.3) is 0 Å². The molecule has 0 fully saturated rings. The summed E-state index contributed by atoms with van der Waals surface area (Å²) in [5, 5.41) is 0. The highest BCUT2D eigenvalue weighted by molar-refractivity contribution is 4.74. The Kier molecular flexibility index (Phi) is 5.07. The Bertz CT molecular complexity index is 48.1. The van der Waals surface area contributed by atoms with Crippen molar-refractivity contribution in [2.75, 3.05) is 6.61 Å². The molecule has 0 aliphatic carbocycles. The van der Waals surface area contributed by atoms with Gasteiger partial charge < -0.3 is 4.74 Å². The van der Waals surface area contributed by atoms with E-state index in [0.717, 1.165) is 13.0 Å². The molecule has 0 spiro atoms. The fourth-order valence-electron chi connectivity index (χ4n) is 0.258. The van der Waals surface area contributed by atoms with E-state index >= 15 is 0 Å². The maximum atomic E-state index is 3.62. The molecule has 0 amide bonds. The van der Waals surface area contributed by atoms with Gasteiger partial charge in [-0.3, -0.25) is 0 Å². The van der Waals surface area contributed by atoms with Crippen LogP contribution in [-0.4, -0.2) is 11.3 Å². The van der Waals surface area contributed by atoms with E-state index in [1.165, 1.54) is 0 Å². The van der Waals surface area contributed by atoms with Gasteiger partial charge in [0.25, 0.3) is 0 Å². The summed E-state index contributed by atoms with van der Waals surface area (Å²) in [6, 6.07) is 0. The third-order valence-electron chi connectivity index (χ3n) is 0.576. The summed E-state index contributed by atoms with van der Waals surface area (Å²) in [7, 11) is 3.31. The zero-order valence-corrected chi connectivity index (χ0v) is 4.35. The van der Waals surface area contributed by atoms with Gasteiger partial charge in [0, 0.05) is 19.4 Å². The average Bonchev–Trinajstić information content (AvgIpc) is 1.69. The summed E-state index contributed by atoms with van der Waals surface area (Å²) < 4.78 is 3.62. The van der Waals surface area contributed by atoms with Crippen LogP contribution in [0.4, 0.5) is 0 Å². The average molecular weight is 98.1 g/mol. The van der Waals surface area contributed by atoms with E-state index in [9.17, 15) is 0 Å². The number of rotatable bonds is 3. The second-order valence-corrected chi connectivity index (χ2v) is 1.14. The fraction of sp³-hybridized carbons (Fsp3) is 0.333. The molecule has 0 heterocycles. The maximum Gasteiger partial charge on any atom is 0.111 e. The van der Waals surface area contributed by atoms with E-state index in [1.54, 1.807) is 0 Å². The Morgan fingerprint density at radius 2 is 2.43 bits per heavy atom. The molecule has 0 atom stereocenters. The molecule has 0 rings (SSSR count). The molecule has 0 bridgehead atoms. The van der Waals surface area contributed by atoms with Gasteiger partial charge in [-0.05, 0) is 0 Å². The SMILES string of the molecule is [CH2-]/[C+]=C/CC[OH+][CH2-]. The lowest BCUT2D eigenvalue weighted by Crippen LogP contribution is -1.86. The number of aliphatic hydroxyl groups is 2. The molecule has 0 saturated heterocycles. The van der Waals surface area contributed by atoms with Gasteiger partial charge in [0.2, 0.25) is 0 Å². The summed E-state index contributed by atoms with van der Waals surface area (Å²) in [6.45, 7) is 4.17. The maximum absolute atomic E-state index is 3.62. The van der Waals surface area contributed by atoms with Crippen LogP contribution in [-0.2, 0) is 0 Å². The Morgan fingerprint density at radius 1 is 1.71 bits per heavy atom. The number of ether oxygens (including phenoxy) is 1. The van der Waals surface area contributed by atoms with E-state index in [2.05, 4.69) is 24.8 Å². The van der Waals surface area contributed by atoms with Gasteiger partial charge in [-0.15, -0.1) is 0 Å². The molecule has 0 saturated carbocycles. The van der Waals surface area contributed by atoms with Crippen molar-refractivity contribution in [3.05, 3.63) is 26.2 Å². The van der Waals surface area contributed by atoms with Crippen LogP contribution in [0.5, 0.6) is 0 Å². The Morgan fingerprint density at radius 3 is 2.86 bits per heavy atom. The molecule has 0 aromatic heterocycles. The van der Waals surface area contributed by atoms with Gasteiger partial charge >= 0.3 is 0 Å². The molecule has 0 aliphatic heterocycles. The molecule has 0 unspecified atom stereocenters. The summed E-state index contributed by atoms with van der Waals surface area (Å²) >= 11 is 0. The van der Waals surface area contributed by atoms with Crippen LogP contribution in [0.1, 0.15) is 6.42 Å². The molecule has 7 heavy (non-hydrogen) atoms. The topological polar surface area (TPSA) is 12.8 Å². The lowest BCUT2D eigenvalue weighted by molar-refractivity contribution is 0.0606. The third kappa shape index (κ3) is 5.48. The molecular weight excluding hydrogens is 88.1 g/mol. The second kappa shape index (κ2) is 5.48. The summed E-state index contributed by atoms with van der Waals surface area (Å²) in [6.07, 6.45) is 5.39. The van der Waals surface area contributed by atoms with Crippen LogP contribution < -0.4 is 0 Å². The normalized spacial score (nSPS) is 9.29. The van der Waals surface area contributed by atoms with E-state index in [0.29, 0.717) is 0 Å². The van der Waals surface area contributed by atoms with Crippen molar-refractivity contribution in [3.63, 3.8) is 0 Å². The van der Waals surface area contributed by atoms with Crippen LogP contribution in [0, 0.1) is 20.1 Å². The number of hydrogen-bond donors (Lipinski definition) is 0.